The van der Waals surface area contributed by atoms with Gasteiger partial charge < -0.3 is 4.74 Å². The molecule has 0 radical (unpaired) electrons. The van der Waals surface area contributed by atoms with E-state index in [1.165, 1.54) is 31.9 Å². The van der Waals surface area contributed by atoms with Crippen LogP contribution < -0.4 is 4.90 Å². The number of thiazole rings is 1. The summed E-state index contributed by atoms with van der Waals surface area (Å²) in [6.45, 7) is 7.29. The van der Waals surface area contributed by atoms with E-state index in [2.05, 4.69) is 41.5 Å². The Bertz CT molecular complexity index is 1190. The molecule has 0 bridgehead atoms. The molecule has 4 heterocycles. The van der Waals surface area contributed by atoms with E-state index in [1.807, 2.05) is 22.4 Å². The number of thiophene rings is 2. The van der Waals surface area contributed by atoms with Crippen molar-refractivity contribution in [2.24, 2.45) is 0 Å². The van der Waals surface area contributed by atoms with Gasteiger partial charge in [0.05, 0.1) is 28.7 Å². The number of ether oxygens (including phenoxy) is 1. The van der Waals surface area contributed by atoms with Gasteiger partial charge in [-0.3, -0.25) is 14.6 Å². The molecular weight excluding hydrogens is 458 g/mol. The zero-order valence-corrected chi connectivity index (χ0v) is 20.4. The van der Waals surface area contributed by atoms with E-state index < -0.39 is 0 Å². The summed E-state index contributed by atoms with van der Waals surface area (Å²) in [6.07, 6.45) is 0.911. The van der Waals surface area contributed by atoms with Crippen LogP contribution in [0, 0.1) is 6.92 Å². The summed E-state index contributed by atoms with van der Waals surface area (Å²) in [5, 5.41) is 6.09. The number of carbonyl (C=O) groups excluding carboxylic acids is 1. The number of morpholine rings is 1. The van der Waals surface area contributed by atoms with Crippen molar-refractivity contribution in [2.75, 3.05) is 44.3 Å². The molecule has 1 amide bonds. The molecule has 8 heteroatoms. The van der Waals surface area contributed by atoms with E-state index in [1.54, 1.807) is 22.7 Å². The molecule has 5 rings (SSSR count). The van der Waals surface area contributed by atoms with Gasteiger partial charge in [-0.2, -0.15) is 0 Å². The van der Waals surface area contributed by atoms with Crippen LogP contribution in [0.4, 0.5) is 5.13 Å². The summed E-state index contributed by atoms with van der Waals surface area (Å²) in [4.78, 5) is 24.5. The molecule has 1 saturated heterocycles. The third-order valence-electron chi connectivity index (χ3n) is 5.74. The van der Waals surface area contributed by atoms with Crippen molar-refractivity contribution in [3.05, 3.63) is 57.6 Å². The minimum atomic E-state index is 0.0379. The van der Waals surface area contributed by atoms with Crippen LogP contribution in [0.1, 0.15) is 21.7 Å². The van der Waals surface area contributed by atoms with E-state index in [4.69, 9.17) is 9.72 Å². The topological polar surface area (TPSA) is 45.7 Å². The fraction of sp³-hybridized carbons (Fsp3) is 0.333. The Kier molecular flexibility index (Phi) is 6.66. The van der Waals surface area contributed by atoms with Crippen LogP contribution in [0.2, 0.25) is 0 Å². The summed E-state index contributed by atoms with van der Waals surface area (Å²) >= 11 is 4.81. The lowest BCUT2D eigenvalue weighted by atomic mass is 10.1. The van der Waals surface area contributed by atoms with Gasteiger partial charge in [0.1, 0.15) is 0 Å². The smallest absolute Gasteiger partial charge is 0.270 e. The lowest BCUT2D eigenvalue weighted by Gasteiger charge is -2.27. The van der Waals surface area contributed by atoms with Crippen LogP contribution in [0.5, 0.6) is 0 Å². The maximum atomic E-state index is 13.3. The maximum Gasteiger partial charge on any atom is 0.270 e. The molecule has 1 aliphatic heterocycles. The van der Waals surface area contributed by atoms with Gasteiger partial charge in [0, 0.05) is 36.3 Å². The molecule has 4 aromatic rings. The average Bonchev–Trinajstić information content (AvgIpc) is 3.58. The van der Waals surface area contributed by atoms with Crippen molar-refractivity contribution < 1.29 is 9.53 Å². The molecule has 0 unspecified atom stereocenters. The molecule has 0 aliphatic carbocycles. The third-order valence-corrected chi connectivity index (χ3v) is 8.75. The highest BCUT2D eigenvalue weighted by molar-refractivity contribution is 7.23. The molecule has 0 N–H and O–H groups in total. The normalized spacial score (nSPS) is 14.8. The monoisotopic (exact) mass is 483 g/mol. The molecule has 0 saturated carbocycles. The van der Waals surface area contributed by atoms with E-state index in [9.17, 15) is 4.79 Å². The minimum absolute atomic E-state index is 0.0379. The molecule has 5 nitrogen and oxygen atoms in total. The summed E-state index contributed by atoms with van der Waals surface area (Å²) < 4.78 is 6.72. The van der Waals surface area contributed by atoms with E-state index in [0.717, 1.165) is 55.0 Å². The van der Waals surface area contributed by atoms with Gasteiger partial charge >= 0.3 is 0 Å². The minimum Gasteiger partial charge on any atom is -0.379 e. The zero-order valence-electron chi connectivity index (χ0n) is 18.0. The quantitative estimate of drug-likeness (QED) is 0.335. The average molecular weight is 484 g/mol. The molecular formula is C24H25N3O2S3. The van der Waals surface area contributed by atoms with E-state index in [0.29, 0.717) is 6.54 Å². The SMILES string of the molecule is Cc1c(-c2csc(N(CCCN3CCOCC3)C(=O)c3cccs3)n2)sc2ccccc12. The number of nitrogens with zero attached hydrogens (tertiary/aromatic N) is 3. The summed E-state index contributed by atoms with van der Waals surface area (Å²) in [6, 6.07) is 12.3. The Morgan fingerprint density at radius 2 is 2.00 bits per heavy atom. The molecule has 0 spiro atoms. The fourth-order valence-electron chi connectivity index (χ4n) is 4.01. The first-order valence-corrected chi connectivity index (χ1v) is 13.4. The van der Waals surface area contributed by atoms with Crippen LogP contribution in [0.15, 0.2) is 47.2 Å². The Morgan fingerprint density at radius 1 is 1.16 bits per heavy atom. The van der Waals surface area contributed by atoms with Gasteiger partial charge in [-0.15, -0.1) is 34.0 Å². The number of rotatable bonds is 7. The predicted octanol–water partition coefficient (Wildman–Crippen LogP) is 5.76. The summed E-state index contributed by atoms with van der Waals surface area (Å²) in [5.74, 6) is 0.0379. The second kappa shape index (κ2) is 9.80. The largest absolute Gasteiger partial charge is 0.379 e. The standard InChI is InChI=1S/C24H25N3O2S3/c1-17-18-6-2-3-7-20(18)32-22(17)19-16-31-24(25-19)27(23(28)21-8-4-15-30-21)10-5-9-26-11-13-29-14-12-26/h2-4,6-8,15-16H,5,9-14H2,1H3. The number of fused-ring (bicyclic) bond motifs is 1. The zero-order chi connectivity index (χ0) is 21.9. The van der Waals surface area contributed by atoms with Gasteiger partial charge in [0.2, 0.25) is 0 Å². The number of hydrogen-bond donors (Lipinski definition) is 0. The molecule has 32 heavy (non-hydrogen) atoms. The van der Waals surface area contributed by atoms with Gasteiger partial charge in [-0.05, 0) is 41.8 Å². The highest BCUT2D eigenvalue weighted by Crippen LogP contribution is 2.39. The Balaban J connectivity index is 1.39. The van der Waals surface area contributed by atoms with Crippen molar-refractivity contribution in [2.45, 2.75) is 13.3 Å². The predicted molar refractivity (Wildman–Crippen MR) is 136 cm³/mol. The van der Waals surface area contributed by atoms with Crippen molar-refractivity contribution in [1.29, 1.82) is 0 Å². The number of benzene rings is 1. The number of aryl methyl sites for hydroxylation is 1. The fourth-order valence-corrected chi connectivity index (χ4v) is 6.76. The van der Waals surface area contributed by atoms with Crippen molar-refractivity contribution in [3.8, 4) is 10.6 Å². The Hall–Kier alpha value is -2.10. The first kappa shape index (κ1) is 21.7. The molecule has 3 aromatic heterocycles. The summed E-state index contributed by atoms with van der Waals surface area (Å²) in [5.41, 5.74) is 2.21. The number of amides is 1. The van der Waals surface area contributed by atoms with Crippen LogP contribution >= 0.6 is 34.0 Å². The van der Waals surface area contributed by atoms with Gasteiger partial charge in [0.15, 0.2) is 5.13 Å². The van der Waals surface area contributed by atoms with Crippen molar-refractivity contribution in [3.63, 3.8) is 0 Å². The molecule has 166 valence electrons. The maximum absolute atomic E-state index is 13.3. The van der Waals surface area contributed by atoms with E-state index in [-0.39, 0.29) is 5.91 Å². The van der Waals surface area contributed by atoms with Crippen LogP contribution in [0.3, 0.4) is 0 Å². The first-order chi connectivity index (χ1) is 15.7. The number of carbonyl (C=O) groups is 1. The van der Waals surface area contributed by atoms with Gasteiger partial charge in [0.25, 0.3) is 5.91 Å². The number of hydrogen-bond acceptors (Lipinski definition) is 7. The van der Waals surface area contributed by atoms with Crippen molar-refractivity contribution >= 4 is 55.1 Å². The molecule has 1 fully saturated rings. The lowest BCUT2D eigenvalue weighted by Crippen LogP contribution is -2.39. The highest BCUT2D eigenvalue weighted by Gasteiger charge is 2.23. The van der Waals surface area contributed by atoms with Crippen LogP contribution in [-0.2, 0) is 4.74 Å². The first-order valence-electron chi connectivity index (χ1n) is 10.8. The van der Waals surface area contributed by atoms with Gasteiger partial charge in [-0.1, -0.05) is 24.3 Å². The lowest BCUT2D eigenvalue weighted by molar-refractivity contribution is 0.0376. The Morgan fingerprint density at radius 3 is 2.78 bits per heavy atom. The number of anilines is 1. The second-order valence-corrected chi connectivity index (χ2v) is 10.6. The number of aromatic nitrogens is 1. The van der Waals surface area contributed by atoms with Crippen LogP contribution in [-0.4, -0.2) is 55.2 Å². The third kappa shape index (κ3) is 4.51. The van der Waals surface area contributed by atoms with Gasteiger partial charge in [-0.25, -0.2) is 4.98 Å². The summed E-state index contributed by atoms with van der Waals surface area (Å²) in [7, 11) is 0. The van der Waals surface area contributed by atoms with E-state index >= 15 is 0 Å². The highest BCUT2D eigenvalue weighted by atomic mass is 32.1. The second-order valence-electron chi connectivity index (χ2n) is 7.81. The Labute approximate surface area is 199 Å². The molecule has 0 atom stereocenters. The molecule has 1 aliphatic rings. The molecule has 1 aromatic carbocycles. The van der Waals surface area contributed by atoms with Crippen LogP contribution in [0.25, 0.3) is 20.7 Å². The van der Waals surface area contributed by atoms with Crippen molar-refractivity contribution in [1.82, 2.24) is 9.88 Å².